The molecule has 0 aromatic heterocycles. The van der Waals surface area contributed by atoms with E-state index >= 15 is 0 Å². The Kier molecular flexibility index (Phi) is 58.3. The zero-order valence-electron chi connectivity index (χ0n) is 54.7. The SMILES string of the molecule is CCCCCCCCCCCCCCCCCC(=O)O[C@H](COC(=O)CCCCCCCCCCC(C)CC)COP(=O)(O)OC[C@@H](O)COP(=O)(O)OC[C@@H](COC(=O)CCCCCCCCC)OC(=O)CCCCCCCCCCCCC. The predicted molar refractivity (Wildman–Crippen MR) is 340 cm³/mol. The molecular weight excluding hydrogens is 1130 g/mol. The van der Waals surface area contributed by atoms with Crippen LogP contribution in [0.1, 0.15) is 336 Å². The number of phosphoric acid groups is 2. The summed E-state index contributed by atoms with van der Waals surface area (Å²) in [5.41, 5.74) is 0. The van der Waals surface area contributed by atoms with Crippen molar-refractivity contribution in [1.82, 2.24) is 0 Å². The molecule has 0 fully saturated rings. The topological polar surface area (TPSA) is 237 Å². The van der Waals surface area contributed by atoms with E-state index in [9.17, 15) is 43.2 Å². The Morgan fingerprint density at radius 2 is 0.565 bits per heavy atom. The molecular formula is C66H128O17P2. The zero-order valence-corrected chi connectivity index (χ0v) is 56.5. The standard InChI is InChI=1S/C66H128O17P2/c1-6-10-13-16-19-21-23-24-25-26-28-30-37-42-47-52-66(71)83-62(56-77-64(69)50-45-40-35-32-31-34-38-43-48-59(5)9-4)58-81-85(74,75)79-54-60(67)53-78-84(72,73)80-57-61(55-76-63(68)49-44-39-33-18-15-12-8-3)82-65(70)51-46-41-36-29-27-22-20-17-14-11-7-2/h59-62,67H,6-58H2,1-5H3,(H,72,73)(H,74,75)/t59?,60-,61+,62+/m0/s1. The normalized spacial score (nSPS) is 14.5. The van der Waals surface area contributed by atoms with Crippen molar-refractivity contribution in [1.29, 1.82) is 0 Å². The van der Waals surface area contributed by atoms with E-state index in [1.54, 1.807) is 0 Å². The van der Waals surface area contributed by atoms with Gasteiger partial charge in [-0.1, -0.05) is 285 Å². The van der Waals surface area contributed by atoms with E-state index < -0.39 is 97.5 Å². The van der Waals surface area contributed by atoms with Gasteiger partial charge < -0.3 is 33.8 Å². The Balaban J connectivity index is 5.21. The molecule has 504 valence electrons. The first-order valence-corrected chi connectivity index (χ1v) is 37.7. The average Bonchev–Trinajstić information content (AvgIpc) is 3.58. The maximum absolute atomic E-state index is 13.0. The lowest BCUT2D eigenvalue weighted by atomic mass is 9.99. The molecule has 0 aromatic carbocycles. The molecule has 0 aromatic rings. The number of rotatable bonds is 66. The third-order valence-electron chi connectivity index (χ3n) is 15.6. The number of carbonyl (C=O) groups excluding carboxylic acids is 4. The number of aliphatic hydroxyl groups excluding tert-OH is 1. The molecule has 19 heteroatoms. The summed E-state index contributed by atoms with van der Waals surface area (Å²) in [6.45, 7) is 7.18. The van der Waals surface area contributed by atoms with Gasteiger partial charge in [0.15, 0.2) is 12.2 Å². The molecule has 0 spiro atoms. The van der Waals surface area contributed by atoms with Crippen LogP contribution < -0.4 is 0 Å². The molecule has 0 amide bonds. The number of esters is 4. The highest BCUT2D eigenvalue weighted by molar-refractivity contribution is 7.47. The molecule has 0 aliphatic carbocycles. The maximum atomic E-state index is 13.0. The fourth-order valence-electron chi connectivity index (χ4n) is 9.90. The zero-order chi connectivity index (χ0) is 62.8. The second kappa shape index (κ2) is 59.7. The number of hydrogen-bond acceptors (Lipinski definition) is 15. The molecule has 3 N–H and O–H groups in total. The lowest BCUT2D eigenvalue weighted by Gasteiger charge is -2.21. The van der Waals surface area contributed by atoms with Crippen molar-refractivity contribution in [3.63, 3.8) is 0 Å². The van der Waals surface area contributed by atoms with Gasteiger partial charge in [-0.3, -0.25) is 37.3 Å². The lowest BCUT2D eigenvalue weighted by molar-refractivity contribution is -0.161. The Labute approximate surface area is 517 Å². The number of hydrogen-bond donors (Lipinski definition) is 3. The van der Waals surface area contributed by atoms with E-state index in [1.165, 1.54) is 148 Å². The summed E-state index contributed by atoms with van der Waals surface area (Å²) in [4.78, 5) is 72.2. The minimum Gasteiger partial charge on any atom is -0.462 e. The molecule has 0 aliphatic heterocycles. The van der Waals surface area contributed by atoms with Crippen molar-refractivity contribution < 1.29 is 80.2 Å². The second-order valence-electron chi connectivity index (χ2n) is 24.1. The van der Waals surface area contributed by atoms with Crippen LogP contribution in [0, 0.1) is 5.92 Å². The van der Waals surface area contributed by atoms with Crippen LogP contribution >= 0.6 is 15.6 Å². The first kappa shape index (κ1) is 83.1. The van der Waals surface area contributed by atoms with Gasteiger partial charge in [-0.2, -0.15) is 0 Å². The first-order valence-electron chi connectivity index (χ1n) is 34.7. The maximum Gasteiger partial charge on any atom is 0.472 e. The predicted octanol–water partition coefficient (Wildman–Crippen LogP) is 18.6. The van der Waals surface area contributed by atoms with Crippen LogP contribution in [0.3, 0.4) is 0 Å². The molecule has 0 saturated heterocycles. The van der Waals surface area contributed by atoms with Gasteiger partial charge in [0, 0.05) is 25.7 Å². The van der Waals surface area contributed by atoms with Crippen molar-refractivity contribution in [2.24, 2.45) is 5.92 Å². The van der Waals surface area contributed by atoms with Crippen LogP contribution in [0.25, 0.3) is 0 Å². The summed E-state index contributed by atoms with van der Waals surface area (Å²) < 4.78 is 68.0. The van der Waals surface area contributed by atoms with E-state index in [0.717, 1.165) is 109 Å². The highest BCUT2D eigenvalue weighted by Crippen LogP contribution is 2.45. The summed E-state index contributed by atoms with van der Waals surface area (Å²) in [5, 5.41) is 10.5. The van der Waals surface area contributed by atoms with Crippen LogP contribution in [0.4, 0.5) is 0 Å². The lowest BCUT2D eigenvalue weighted by Crippen LogP contribution is -2.30. The monoisotopic (exact) mass is 1250 g/mol. The number of carbonyl (C=O) groups is 4. The molecule has 0 aliphatic rings. The fourth-order valence-corrected chi connectivity index (χ4v) is 11.5. The summed E-state index contributed by atoms with van der Waals surface area (Å²) >= 11 is 0. The van der Waals surface area contributed by atoms with Crippen molar-refractivity contribution in [2.75, 3.05) is 39.6 Å². The highest BCUT2D eigenvalue weighted by atomic mass is 31.2. The average molecular weight is 1260 g/mol. The molecule has 17 nitrogen and oxygen atoms in total. The van der Waals surface area contributed by atoms with Gasteiger partial charge in [0.1, 0.15) is 19.3 Å². The van der Waals surface area contributed by atoms with Gasteiger partial charge in [-0.15, -0.1) is 0 Å². The van der Waals surface area contributed by atoms with Gasteiger partial charge in [-0.05, 0) is 31.6 Å². The van der Waals surface area contributed by atoms with Crippen LogP contribution in [0.5, 0.6) is 0 Å². The summed E-state index contributed by atoms with van der Waals surface area (Å²) in [6.07, 6.45) is 44.4. The number of ether oxygens (including phenoxy) is 4. The van der Waals surface area contributed by atoms with Gasteiger partial charge in [0.2, 0.25) is 0 Å². The third kappa shape index (κ3) is 59.5. The Bertz CT molecular complexity index is 1650. The van der Waals surface area contributed by atoms with Crippen molar-refractivity contribution in [3.05, 3.63) is 0 Å². The van der Waals surface area contributed by atoms with Crippen LogP contribution in [0.2, 0.25) is 0 Å². The molecule has 0 heterocycles. The molecule has 0 saturated carbocycles. The summed E-state index contributed by atoms with van der Waals surface area (Å²) in [7, 11) is -9.89. The highest BCUT2D eigenvalue weighted by Gasteiger charge is 2.30. The van der Waals surface area contributed by atoms with Crippen molar-refractivity contribution in [3.8, 4) is 0 Å². The molecule has 3 unspecified atom stereocenters. The van der Waals surface area contributed by atoms with Crippen molar-refractivity contribution >= 4 is 39.5 Å². The van der Waals surface area contributed by atoms with Gasteiger partial charge in [0.25, 0.3) is 0 Å². The van der Waals surface area contributed by atoms with Gasteiger partial charge in [-0.25, -0.2) is 9.13 Å². The largest absolute Gasteiger partial charge is 0.472 e. The van der Waals surface area contributed by atoms with Crippen molar-refractivity contribution in [2.45, 2.75) is 355 Å². The van der Waals surface area contributed by atoms with Crippen LogP contribution in [0.15, 0.2) is 0 Å². The Morgan fingerprint density at radius 1 is 0.329 bits per heavy atom. The van der Waals surface area contributed by atoms with Gasteiger partial charge >= 0.3 is 39.5 Å². The third-order valence-corrected chi connectivity index (χ3v) is 17.5. The molecule has 85 heavy (non-hydrogen) atoms. The molecule has 6 atom stereocenters. The van der Waals surface area contributed by atoms with E-state index in [0.29, 0.717) is 25.7 Å². The Morgan fingerprint density at radius 3 is 0.835 bits per heavy atom. The smallest absolute Gasteiger partial charge is 0.462 e. The fraction of sp³-hybridized carbons (Fsp3) is 0.939. The van der Waals surface area contributed by atoms with Gasteiger partial charge in [0.05, 0.1) is 26.4 Å². The van der Waals surface area contributed by atoms with E-state index in [1.807, 2.05) is 0 Å². The molecule has 0 bridgehead atoms. The minimum absolute atomic E-state index is 0.107. The Hall–Kier alpha value is -1.94. The van der Waals surface area contributed by atoms with E-state index in [4.69, 9.17) is 37.0 Å². The summed E-state index contributed by atoms with van der Waals surface area (Å²) in [5.74, 6) is -1.35. The first-order chi connectivity index (χ1) is 41.1. The van der Waals surface area contributed by atoms with E-state index in [2.05, 4.69) is 34.6 Å². The molecule has 0 rings (SSSR count). The quantitative estimate of drug-likeness (QED) is 0.0222. The second-order valence-corrected chi connectivity index (χ2v) is 27.0. The number of aliphatic hydroxyl groups is 1. The van der Waals surface area contributed by atoms with Crippen LogP contribution in [-0.2, 0) is 65.4 Å². The molecule has 0 radical (unpaired) electrons. The number of phosphoric ester groups is 2. The minimum atomic E-state index is -4.95. The van der Waals surface area contributed by atoms with E-state index in [-0.39, 0.29) is 25.7 Å². The van der Waals surface area contributed by atoms with Crippen LogP contribution in [-0.4, -0.2) is 96.7 Å². The summed E-state index contributed by atoms with van der Waals surface area (Å²) in [6, 6.07) is 0. The number of unbranched alkanes of at least 4 members (excludes halogenated alkanes) is 37.